The Morgan fingerprint density at radius 1 is 1.12 bits per heavy atom. The average molecular weight is 434 g/mol. The van der Waals surface area contributed by atoms with Gasteiger partial charge < -0.3 is 4.74 Å². The van der Waals surface area contributed by atoms with Gasteiger partial charge in [-0.05, 0) is 67.8 Å². The lowest BCUT2D eigenvalue weighted by Crippen LogP contribution is -2.20. The van der Waals surface area contributed by atoms with Gasteiger partial charge in [0.2, 0.25) is 11.3 Å². The van der Waals surface area contributed by atoms with Crippen molar-refractivity contribution in [3.05, 3.63) is 87.0 Å². The molecule has 6 nitrogen and oxygen atoms in total. The highest BCUT2D eigenvalue weighted by Gasteiger charge is 2.18. The lowest BCUT2D eigenvalue weighted by Gasteiger charge is -2.14. The van der Waals surface area contributed by atoms with E-state index in [2.05, 4.69) is 15.1 Å². The summed E-state index contributed by atoms with van der Waals surface area (Å²) in [6.07, 6.45) is 3.35. The number of aryl methyl sites for hydroxylation is 2. The van der Waals surface area contributed by atoms with Crippen LogP contribution in [0.1, 0.15) is 29.4 Å². The van der Waals surface area contributed by atoms with Crippen molar-refractivity contribution in [2.75, 3.05) is 7.11 Å². The van der Waals surface area contributed by atoms with Crippen LogP contribution in [0.15, 0.2) is 47.4 Å². The number of allylic oxidation sites excluding steroid dienone is 1. The number of rotatable bonds is 4. The van der Waals surface area contributed by atoms with Crippen LogP contribution < -0.4 is 10.2 Å². The predicted octanol–water partition coefficient (Wildman–Crippen LogP) is 4.64. The SMILES string of the molecule is COc1cc(/C=C(\C)c2nn(-c3ccc(F)cc3F)c3cc(C)c(C)nc3c2=O)ccn1. The molecule has 32 heavy (non-hydrogen) atoms. The highest BCUT2D eigenvalue weighted by Crippen LogP contribution is 2.23. The lowest BCUT2D eigenvalue weighted by atomic mass is 10.1. The molecule has 0 aliphatic rings. The largest absolute Gasteiger partial charge is 0.481 e. The van der Waals surface area contributed by atoms with Gasteiger partial charge in [-0.2, -0.15) is 5.10 Å². The number of fused-ring (bicyclic) bond motifs is 1. The van der Waals surface area contributed by atoms with Gasteiger partial charge in [-0.25, -0.2) is 23.4 Å². The molecule has 0 aliphatic heterocycles. The smallest absolute Gasteiger partial charge is 0.233 e. The fourth-order valence-corrected chi connectivity index (χ4v) is 3.37. The number of hydrogen-bond donors (Lipinski definition) is 0. The van der Waals surface area contributed by atoms with Crippen LogP contribution in [-0.2, 0) is 0 Å². The van der Waals surface area contributed by atoms with E-state index in [1.165, 1.54) is 17.9 Å². The summed E-state index contributed by atoms with van der Waals surface area (Å²) in [4.78, 5) is 21.8. The van der Waals surface area contributed by atoms with Crippen molar-refractivity contribution in [1.82, 2.24) is 19.7 Å². The van der Waals surface area contributed by atoms with Crippen LogP contribution in [0.5, 0.6) is 5.88 Å². The Kier molecular flexibility index (Phi) is 5.52. The monoisotopic (exact) mass is 434 g/mol. The van der Waals surface area contributed by atoms with E-state index >= 15 is 0 Å². The number of benzene rings is 1. The first kappa shape index (κ1) is 21.3. The Labute approximate surface area is 182 Å². The highest BCUT2D eigenvalue weighted by atomic mass is 19.1. The summed E-state index contributed by atoms with van der Waals surface area (Å²) >= 11 is 0. The minimum absolute atomic E-state index is 0.0149. The second-order valence-electron chi connectivity index (χ2n) is 7.40. The molecule has 0 radical (unpaired) electrons. The van der Waals surface area contributed by atoms with Crippen LogP contribution in [0.25, 0.3) is 28.4 Å². The minimum atomic E-state index is -0.799. The van der Waals surface area contributed by atoms with Gasteiger partial charge in [0.1, 0.15) is 22.7 Å². The quantitative estimate of drug-likeness (QED) is 0.468. The Balaban J connectivity index is 2.01. The van der Waals surface area contributed by atoms with E-state index in [1.54, 1.807) is 44.3 Å². The highest BCUT2D eigenvalue weighted by molar-refractivity contribution is 5.84. The Morgan fingerprint density at radius 3 is 2.62 bits per heavy atom. The van der Waals surface area contributed by atoms with Crippen LogP contribution in [0.3, 0.4) is 0 Å². The third-order valence-electron chi connectivity index (χ3n) is 5.17. The van der Waals surface area contributed by atoms with Crippen molar-refractivity contribution in [3.63, 3.8) is 0 Å². The topological polar surface area (TPSA) is 69.9 Å². The average Bonchev–Trinajstić information content (AvgIpc) is 2.76. The van der Waals surface area contributed by atoms with Crippen molar-refractivity contribution in [1.29, 1.82) is 0 Å². The number of halogens is 2. The van der Waals surface area contributed by atoms with Gasteiger partial charge in [-0.3, -0.25) is 4.79 Å². The fourth-order valence-electron chi connectivity index (χ4n) is 3.37. The number of pyridine rings is 2. The number of ether oxygens (including phenoxy) is 1. The zero-order chi connectivity index (χ0) is 23.0. The van der Waals surface area contributed by atoms with Gasteiger partial charge in [0, 0.05) is 24.0 Å². The van der Waals surface area contributed by atoms with E-state index in [1.807, 2.05) is 6.92 Å². The van der Waals surface area contributed by atoms with Crippen molar-refractivity contribution in [2.24, 2.45) is 0 Å². The molecule has 0 spiro atoms. The third-order valence-corrected chi connectivity index (χ3v) is 5.17. The first-order valence-corrected chi connectivity index (χ1v) is 9.84. The minimum Gasteiger partial charge on any atom is -0.481 e. The Hall–Kier alpha value is -3.94. The lowest BCUT2D eigenvalue weighted by molar-refractivity contribution is 0.398. The predicted molar refractivity (Wildman–Crippen MR) is 119 cm³/mol. The normalized spacial score (nSPS) is 11.8. The zero-order valence-electron chi connectivity index (χ0n) is 18.0. The van der Waals surface area contributed by atoms with Crippen LogP contribution in [0, 0.1) is 25.5 Å². The first-order chi connectivity index (χ1) is 15.3. The number of aromatic nitrogens is 4. The summed E-state index contributed by atoms with van der Waals surface area (Å²) in [5, 5.41) is 4.46. The van der Waals surface area contributed by atoms with Crippen molar-refractivity contribution >= 4 is 22.7 Å². The van der Waals surface area contributed by atoms with E-state index < -0.39 is 11.6 Å². The van der Waals surface area contributed by atoms with Crippen LogP contribution in [0.4, 0.5) is 8.78 Å². The zero-order valence-corrected chi connectivity index (χ0v) is 18.0. The molecule has 8 heteroatoms. The molecule has 0 amide bonds. The van der Waals surface area contributed by atoms with Crippen molar-refractivity contribution < 1.29 is 13.5 Å². The Bertz CT molecular complexity index is 1440. The molecule has 1 aromatic carbocycles. The molecule has 0 aliphatic carbocycles. The van der Waals surface area contributed by atoms with E-state index in [0.717, 1.165) is 23.3 Å². The molecule has 0 atom stereocenters. The third kappa shape index (κ3) is 3.87. The van der Waals surface area contributed by atoms with Gasteiger partial charge in [-0.15, -0.1) is 0 Å². The Morgan fingerprint density at radius 2 is 1.91 bits per heavy atom. The molecule has 0 saturated carbocycles. The first-order valence-electron chi connectivity index (χ1n) is 9.84. The second-order valence-corrected chi connectivity index (χ2v) is 7.40. The van der Waals surface area contributed by atoms with Crippen LogP contribution in [0.2, 0.25) is 0 Å². The van der Waals surface area contributed by atoms with Gasteiger partial charge >= 0.3 is 0 Å². The summed E-state index contributed by atoms with van der Waals surface area (Å²) in [6, 6.07) is 8.41. The second kappa shape index (κ2) is 8.30. The molecular formula is C24H20F2N4O2. The van der Waals surface area contributed by atoms with Crippen molar-refractivity contribution in [2.45, 2.75) is 20.8 Å². The molecular weight excluding hydrogens is 414 g/mol. The molecule has 0 unspecified atom stereocenters. The summed E-state index contributed by atoms with van der Waals surface area (Å²) in [5.74, 6) is -1.08. The van der Waals surface area contributed by atoms with Gasteiger partial charge in [0.15, 0.2) is 5.82 Å². The molecule has 3 aromatic heterocycles. The molecule has 4 rings (SSSR count). The summed E-state index contributed by atoms with van der Waals surface area (Å²) in [5.41, 5.74) is 3.03. The number of nitrogens with zero attached hydrogens (tertiary/aromatic N) is 4. The molecule has 162 valence electrons. The maximum Gasteiger partial charge on any atom is 0.233 e. The molecule has 3 heterocycles. The maximum absolute atomic E-state index is 14.7. The summed E-state index contributed by atoms with van der Waals surface area (Å²) < 4.78 is 34.6. The maximum atomic E-state index is 14.7. The van der Waals surface area contributed by atoms with Gasteiger partial charge in [-0.1, -0.05) is 0 Å². The molecule has 0 N–H and O–H groups in total. The van der Waals surface area contributed by atoms with E-state index in [0.29, 0.717) is 22.7 Å². The molecule has 0 saturated heterocycles. The molecule has 4 aromatic rings. The number of methoxy groups -OCH3 is 1. The van der Waals surface area contributed by atoms with Crippen LogP contribution >= 0.6 is 0 Å². The van der Waals surface area contributed by atoms with E-state index in [-0.39, 0.29) is 22.3 Å². The fraction of sp³-hybridized carbons (Fsp3) is 0.167. The van der Waals surface area contributed by atoms with Gasteiger partial charge in [0.25, 0.3) is 0 Å². The van der Waals surface area contributed by atoms with Crippen LogP contribution in [-0.4, -0.2) is 26.9 Å². The summed E-state index contributed by atoms with van der Waals surface area (Å²) in [7, 11) is 1.51. The molecule has 0 bridgehead atoms. The van der Waals surface area contributed by atoms with E-state index in [9.17, 15) is 13.6 Å². The standard InChI is InChI=1S/C24H20F2N4O2/c1-13-10-20-23(28-15(13)3)24(31)22(14(2)9-16-7-8-27-21(11-16)32-4)29-30(20)19-6-5-17(25)12-18(19)26/h5-12H,1-4H3/b14-9+. The van der Waals surface area contributed by atoms with Crippen molar-refractivity contribution in [3.8, 4) is 11.6 Å². The number of hydrogen-bond acceptors (Lipinski definition) is 5. The molecule has 0 fully saturated rings. The van der Waals surface area contributed by atoms with E-state index in [4.69, 9.17) is 4.74 Å². The summed E-state index contributed by atoms with van der Waals surface area (Å²) in [6.45, 7) is 5.37. The van der Waals surface area contributed by atoms with Gasteiger partial charge in [0.05, 0.1) is 12.6 Å².